The fourth-order valence-electron chi connectivity index (χ4n) is 4.98. The second-order valence-corrected chi connectivity index (χ2v) is 14.1. The van der Waals surface area contributed by atoms with Gasteiger partial charge in [0.15, 0.2) is 0 Å². The first kappa shape index (κ1) is 27.9. The van der Waals surface area contributed by atoms with Gasteiger partial charge in [-0.05, 0) is 84.8 Å². The molecule has 4 rings (SSSR count). The number of anilines is 5. The summed E-state index contributed by atoms with van der Waals surface area (Å²) in [4.78, 5) is 14.0. The van der Waals surface area contributed by atoms with Gasteiger partial charge in [0.1, 0.15) is 18.7 Å². The van der Waals surface area contributed by atoms with Crippen LogP contribution in [-0.2, 0) is 4.57 Å². The van der Waals surface area contributed by atoms with E-state index in [4.69, 9.17) is 9.72 Å². The third kappa shape index (κ3) is 6.30. The molecule has 1 aromatic heterocycles. The Labute approximate surface area is 227 Å². The summed E-state index contributed by atoms with van der Waals surface area (Å²) in [7, 11) is 3.52. The molecule has 0 amide bonds. The lowest BCUT2D eigenvalue weighted by molar-refractivity contribution is 0.249. The number of aryl methyl sites for hydroxylation is 3. The molecule has 0 unspecified atom stereocenters. The number of aromatic nitrogens is 2. The number of ether oxygens (including phenoxy) is 1. The highest BCUT2D eigenvalue weighted by Gasteiger charge is 2.23. The lowest BCUT2D eigenvalue weighted by Crippen LogP contribution is -2.42. The van der Waals surface area contributed by atoms with Crippen molar-refractivity contribution in [2.24, 2.45) is 0 Å². The molecule has 0 bridgehead atoms. The molecule has 0 radical (unpaired) electrons. The second-order valence-electron chi connectivity index (χ2n) is 10.9. The van der Waals surface area contributed by atoms with Crippen molar-refractivity contribution in [3.05, 3.63) is 53.2 Å². The summed E-state index contributed by atoms with van der Waals surface area (Å²) in [5.74, 6) is 1.87. The van der Waals surface area contributed by atoms with Gasteiger partial charge in [0.05, 0.1) is 18.5 Å². The third-order valence-electron chi connectivity index (χ3n) is 7.26. The van der Waals surface area contributed by atoms with Crippen molar-refractivity contribution in [1.82, 2.24) is 14.9 Å². The van der Waals surface area contributed by atoms with Crippen LogP contribution >= 0.6 is 7.14 Å². The van der Waals surface area contributed by atoms with Crippen LogP contribution in [0.15, 0.2) is 36.5 Å². The van der Waals surface area contributed by atoms with E-state index in [0.717, 1.165) is 59.5 Å². The van der Waals surface area contributed by atoms with Crippen LogP contribution in [0.2, 0.25) is 0 Å². The Hall–Kier alpha value is -3.09. The summed E-state index contributed by atoms with van der Waals surface area (Å²) in [5, 5.41) is 7.57. The molecule has 2 heterocycles. The zero-order chi connectivity index (χ0) is 27.6. The maximum Gasteiger partial charge on any atom is 0.229 e. The van der Waals surface area contributed by atoms with Gasteiger partial charge in [0.2, 0.25) is 5.95 Å². The Kier molecular flexibility index (Phi) is 8.34. The van der Waals surface area contributed by atoms with E-state index < -0.39 is 7.14 Å². The Morgan fingerprint density at radius 1 is 1.00 bits per heavy atom. The van der Waals surface area contributed by atoms with Gasteiger partial charge in [0, 0.05) is 47.9 Å². The molecule has 204 valence electrons. The van der Waals surface area contributed by atoms with Crippen LogP contribution in [0.1, 0.15) is 29.5 Å². The van der Waals surface area contributed by atoms with E-state index in [2.05, 4.69) is 58.6 Å². The van der Waals surface area contributed by atoms with Crippen LogP contribution in [0.25, 0.3) is 0 Å². The van der Waals surface area contributed by atoms with Crippen LogP contribution in [0.5, 0.6) is 5.75 Å². The summed E-state index contributed by atoms with van der Waals surface area (Å²) in [6, 6.07) is 10.8. The van der Waals surface area contributed by atoms with E-state index in [1.165, 1.54) is 11.3 Å². The standard InChI is InChI=1S/C29H41N6O2P/c1-19-9-10-23(27(15-19)38(7,8)36)31-28-21(3)18-30-29(33-28)32-24-16-20(2)25(17-26(24)37-6)35-13-11-22(12-14-35)34(4)5/h9-10,15-18,22H,11-14H2,1-8H3,(H2,30,31,32,33). The largest absolute Gasteiger partial charge is 0.494 e. The molecule has 2 aromatic carbocycles. The summed E-state index contributed by atoms with van der Waals surface area (Å²) in [6.07, 6.45) is 4.08. The molecule has 8 nitrogen and oxygen atoms in total. The van der Waals surface area contributed by atoms with E-state index in [9.17, 15) is 4.57 Å². The Bertz CT molecular complexity index is 1350. The third-order valence-corrected chi connectivity index (χ3v) is 8.79. The van der Waals surface area contributed by atoms with Crippen molar-refractivity contribution in [3.63, 3.8) is 0 Å². The summed E-state index contributed by atoms with van der Waals surface area (Å²) < 4.78 is 18.7. The van der Waals surface area contributed by atoms with E-state index in [1.54, 1.807) is 26.6 Å². The average Bonchev–Trinajstić information content (AvgIpc) is 2.86. The van der Waals surface area contributed by atoms with Crippen LogP contribution in [0, 0.1) is 20.8 Å². The topological polar surface area (TPSA) is 82.6 Å². The maximum absolute atomic E-state index is 13.0. The van der Waals surface area contributed by atoms with Crippen molar-refractivity contribution in [2.45, 2.75) is 39.7 Å². The maximum atomic E-state index is 13.0. The van der Waals surface area contributed by atoms with Gasteiger partial charge in [-0.3, -0.25) is 0 Å². The van der Waals surface area contributed by atoms with Crippen LogP contribution in [-0.4, -0.2) is 68.5 Å². The predicted molar refractivity (Wildman–Crippen MR) is 160 cm³/mol. The predicted octanol–water partition coefficient (Wildman–Crippen LogP) is 5.68. The molecule has 0 aliphatic carbocycles. The minimum atomic E-state index is -2.49. The molecule has 0 saturated carbocycles. The fraction of sp³-hybridized carbons (Fsp3) is 0.448. The zero-order valence-corrected chi connectivity index (χ0v) is 24.8. The highest BCUT2D eigenvalue weighted by Crippen LogP contribution is 2.39. The summed E-state index contributed by atoms with van der Waals surface area (Å²) >= 11 is 0. The van der Waals surface area contributed by atoms with Gasteiger partial charge in [-0.1, -0.05) is 11.6 Å². The van der Waals surface area contributed by atoms with Gasteiger partial charge in [-0.15, -0.1) is 0 Å². The lowest BCUT2D eigenvalue weighted by Gasteiger charge is -2.37. The first-order valence-corrected chi connectivity index (χ1v) is 15.7. The van der Waals surface area contributed by atoms with Gasteiger partial charge in [-0.25, -0.2) is 4.98 Å². The zero-order valence-electron chi connectivity index (χ0n) is 23.9. The van der Waals surface area contributed by atoms with E-state index in [-0.39, 0.29) is 0 Å². The average molecular weight is 537 g/mol. The number of methoxy groups -OCH3 is 1. The van der Waals surface area contributed by atoms with Gasteiger partial charge >= 0.3 is 0 Å². The fourth-order valence-corrected chi connectivity index (χ4v) is 6.20. The molecule has 38 heavy (non-hydrogen) atoms. The Balaban J connectivity index is 1.58. The van der Waals surface area contributed by atoms with Crippen LogP contribution < -0.4 is 25.6 Å². The molecule has 2 N–H and O–H groups in total. The van der Waals surface area contributed by atoms with Crippen molar-refractivity contribution >= 4 is 41.3 Å². The number of nitrogens with zero attached hydrogens (tertiary/aromatic N) is 4. The van der Waals surface area contributed by atoms with E-state index in [0.29, 0.717) is 17.8 Å². The highest BCUT2D eigenvalue weighted by atomic mass is 31.2. The van der Waals surface area contributed by atoms with Crippen LogP contribution in [0.3, 0.4) is 0 Å². The lowest BCUT2D eigenvalue weighted by atomic mass is 10.0. The number of rotatable bonds is 8. The number of piperidine rings is 1. The van der Waals surface area contributed by atoms with Gasteiger partial charge in [0.25, 0.3) is 0 Å². The number of hydrogen-bond donors (Lipinski definition) is 2. The number of hydrogen-bond acceptors (Lipinski definition) is 8. The molecule has 0 atom stereocenters. The number of benzene rings is 2. The molecule has 1 saturated heterocycles. The minimum absolute atomic E-state index is 0.459. The first-order valence-electron chi connectivity index (χ1n) is 13.1. The Morgan fingerprint density at radius 2 is 1.71 bits per heavy atom. The van der Waals surface area contributed by atoms with Crippen molar-refractivity contribution in [3.8, 4) is 5.75 Å². The quantitative estimate of drug-likeness (QED) is 0.356. The summed E-state index contributed by atoms with van der Waals surface area (Å²) in [5.41, 5.74) is 5.95. The Morgan fingerprint density at radius 3 is 2.34 bits per heavy atom. The molecule has 0 spiro atoms. The molecular weight excluding hydrogens is 495 g/mol. The molecule has 3 aromatic rings. The molecule has 1 aliphatic heterocycles. The first-order chi connectivity index (χ1) is 18.0. The van der Waals surface area contributed by atoms with Crippen molar-refractivity contribution < 1.29 is 9.30 Å². The van der Waals surface area contributed by atoms with Crippen LogP contribution in [0.4, 0.5) is 28.8 Å². The summed E-state index contributed by atoms with van der Waals surface area (Å²) in [6.45, 7) is 11.7. The monoisotopic (exact) mass is 536 g/mol. The smallest absolute Gasteiger partial charge is 0.229 e. The normalized spacial score (nSPS) is 14.6. The highest BCUT2D eigenvalue weighted by molar-refractivity contribution is 7.70. The molecule has 1 fully saturated rings. The molecule has 1 aliphatic rings. The van der Waals surface area contributed by atoms with E-state index in [1.807, 2.05) is 32.0 Å². The molecule has 9 heteroatoms. The van der Waals surface area contributed by atoms with Crippen molar-refractivity contribution in [1.29, 1.82) is 0 Å². The molecular formula is C29H41N6O2P. The second kappa shape index (κ2) is 11.3. The minimum Gasteiger partial charge on any atom is -0.494 e. The SMILES string of the molecule is COc1cc(N2CCC(N(C)C)CC2)c(C)cc1Nc1ncc(C)c(Nc2ccc(C)cc2P(C)(C)=O)n1. The van der Waals surface area contributed by atoms with Gasteiger partial charge in [-0.2, -0.15) is 4.98 Å². The number of nitrogens with one attached hydrogen (secondary N) is 2. The van der Waals surface area contributed by atoms with Crippen molar-refractivity contribution in [2.75, 3.05) is 63.2 Å². The van der Waals surface area contributed by atoms with E-state index >= 15 is 0 Å². The van der Waals surface area contributed by atoms with Gasteiger partial charge < -0.3 is 29.7 Å².